The van der Waals surface area contributed by atoms with Crippen LogP contribution in [0.15, 0.2) is 24.3 Å². The molecule has 6 nitrogen and oxygen atoms in total. The number of carboxylic acid groups (broad SMARTS) is 1. The maximum atomic E-state index is 12.3. The molecule has 3 rings (SSSR count). The van der Waals surface area contributed by atoms with Crippen molar-refractivity contribution in [3.8, 4) is 0 Å². The topological polar surface area (TPSA) is 87.6 Å². The molecule has 1 aliphatic carbocycles. The summed E-state index contributed by atoms with van der Waals surface area (Å²) in [6.45, 7) is 0. The third-order valence-electron chi connectivity index (χ3n) is 3.95. The van der Waals surface area contributed by atoms with E-state index in [1.807, 2.05) is 0 Å². The second-order valence-corrected chi connectivity index (χ2v) is 5.31. The first kappa shape index (κ1) is 13.5. The summed E-state index contributed by atoms with van der Waals surface area (Å²) in [5.74, 6) is -1.37. The van der Waals surface area contributed by atoms with Crippen LogP contribution in [0.25, 0.3) is 6.08 Å². The number of anilines is 1. The van der Waals surface area contributed by atoms with Crippen molar-refractivity contribution >= 4 is 29.7 Å². The molecule has 2 fully saturated rings. The Morgan fingerprint density at radius 2 is 1.90 bits per heavy atom. The molecule has 2 bridgehead atoms. The number of carbonyl (C=O) groups excluding carboxylic acids is 2. The highest BCUT2D eigenvalue weighted by molar-refractivity contribution is 6.18. The van der Waals surface area contributed by atoms with Crippen LogP contribution < -0.4 is 4.90 Å². The average molecular weight is 286 g/mol. The molecule has 1 saturated heterocycles. The molecule has 1 aromatic heterocycles. The van der Waals surface area contributed by atoms with Crippen LogP contribution in [0.3, 0.4) is 0 Å². The van der Waals surface area contributed by atoms with Gasteiger partial charge >= 0.3 is 5.97 Å². The Morgan fingerprint density at radius 3 is 2.52 bits per heavy atom. The number of hydrogen-bond donors (Lipinski definition) is 1. The predicted molar refractivity (Wildman–Crippen MR) is 74.2 cm³/mol. The van der Waals surface area contributed by atoms with Crippen LogP contribution in [0.2, 0.25) is 0 Å². The van der Waals surface area contributed by atoms with Gasteiger partial charge in [-0.25, -0.2) is 14.7 Å². The summed E-state index contributed by atoms with van der Waals surface area (Å²) in [4.78, 5) is 40.5. The van der Waals surface area contributed by atoms with Crippen molar-refractivity contribution in [2.45, 2.75) is 19.3 Å². The quantitative estimate of drug-likeness (QED) is 0.671. The van der Waals surface area contributed by atoms with Crippen molar-refractivity contribution in [1.29, 1.82) is 0 Å². The summed E-state index contributed by atoms with van der Waals surface area (Å²) in [5.41, 5.74) is 0.397. The largest absolute Gasteiger partial charge is 0.478 e. The van der Waals surface area contributed by atoms with Crippen molar-refractivity contribution in [1.82, 2.24) is 4.98 Å². The Bertz CT molecular complexity index is 631. The first-order valence-electron chi connectivity index (χ1n) is 6.82. The zero-order valence-corrected chi connectivity index (χ0v) is 11.2. The molecule has 21 heavy (non-hydrogen) atoms. The molecule has 108 valence electrons. The van der Waals surface area contributed by atoms with Gasteiger partial charge in [0.25, 0.3) is 0 Å². The van der Waals surface area contributed by atoms with Gasteiger partial charge < -0.3 is 5.11 Å². The number of imide groups is 1. The number of hydrogen-bond acceptors (Lipinski definition) is 4. The van der Waals surface area contributed by atoms with Gasteiger partial charge in [0.1, 0.15) is 5.82 Å². The molecule has 6 heteroatoms. The van der Waals surface area contributed by atoms with Crippen molar-refractivity contribution in [2.75, 3.05) is 4.90 Å². The molecular weight excluding hydrogens is 272 g/mol. The minimum absolute atomic E-state index is 0.0901. The van der Waals surface area contributed by atoms with Gasteiger partial charge in [-0.2, -0.15) is 0 Å². The molecular formula is C15H14N2O4. The van der Waals surface area contributed by atoms with Gasteiger partial charge in [0.15, 0.2) is 0 Å². The number of fused-ring (bicyclic) bond motifs is 2. The number of nitrogens with zero attached hydrogens (tertiary/aromatic N) is 2. The summed E-state index contributed by atoms with van der Waals surface area (Å²) < 4.78 is 0. The molecule has 0 aromatic carbocycles. The summed E-state index contributed by atoms with van der Waals surface area (Å²) in [5, 5.41) is 8.62. The molecule has 2 unspecified atom stereocenters. The van der Waals surface area contributed by atoms with Crippen molar-refractivity contribution in [3.05, 3.63) is 30.0 Å². The van der Waals surface area contributed by atoms with Gasteiger partial charge in [-0.3, -0.25) is 9.59 Å². The van der Waals surface area contributed by atoms with Crippen LogP contribution in [0.1, 0.15) is 25.0 Å². The van der Waals surface area contributed by atoms with Gasteiger partial charge in [0.2, 0.25) is 11.8 Å². The fourth-order valence-electron chi connectivity index (χ4n) is 2.94. The minimum Gasteiger partial charge on any atom is -0.478 e. The van der Waals surface area contributed by atoms with Gasteiger partial charge in [0, 0.05) is 17.9 Å². The van der Waals surface area contributed by atoms with Crippen LogP contribution >= 0.6 is 0 Å². The van der Waals surface area contributed by atoms with Gasteiger partial charge in [-0.15, -0.1) is 0 Å². The normalized spacial score (nSPS) is 24.9. The van der Waals surface area contributed by atoms with E-state index in [-0.39, 0.29) is 29.5 Å². The third kappa shape index (κ3) is 2.44. The molecule has 0 radical (unpaired) electrons. The lowest BCUT2D eigenvalue weighted by atomic mass is 9.97. The van der Waals surface area contributed by atoms with E-state index in [9.17, 15) is 14.4 Å². The molecule has 1 saturated carbocycles. The molecule has 1 N–H and O–H groups in total. The number of aromatic nitrogens is 1. The number of amides is 2. The lowest BCUT2D eigenvalue weighted by Crippen LogP contribution is -2.46. The van der Waals surface area contributed by atoms with E-state index in [1.54, 1.807) is 18.2 Å². The second kappa shape index (κ2) is 5.12. The van der Waals surface area contributed by atoms with E-state index < -0.39 is 5.97 Å². The number of aliphatic carboxylic acids is 1. The van der Waals surface area contributed by atoms with Crippen LogP contribution in [-0.2, 0) is 14.4 Å². The van der Waals surface area contributed by atoms with Crippen molar-refractivity contribution in [3.63, 3.8) is 0 Å². The minimum atomic E-state index is -1.08. The molecule has 2 amide bonds. The van der Waals surface area contributed by atoms with Gasteiger partial charge in [0.05, 0.1) is 5.69 Å². The van der Waals surface area contributed by atoms with E-state index in [1.165, 1.54) is 6.08 Å². The molecule has 2 heterocycles. The highest BCUT2D eigenvalue weighted by Gasteiger charge is 2.46. The maximum Gasteiger partial charge on any atom is 0.328 e. The summed E-state index contributed by atoms with van der Waals surface area (Å²) >= 11 is 0. The third-order valence-corrected chi connectivity index (χ3v) is 3.95. The Hall–Kier alpha value is -2.50. The molecule has 0 spiro atoms. The lowest BCUT2D eigenvalue weighted by molar-refractivity contribution is -0.133. The lowest BCUT2D eigenvalue weighted by Gasteiger charge is -2.28. The zero-order valence-electron chi connectivity index (χ0n) is 11.2. The predicted octanol–water partition coefficient (Wildman–Crippen LogP) is 1.47. The highest BCUT2D eigenvalue weighted by atomic mass is 16.4. The highest BCUT2D eigenvalue weighted by Crippen LogP contribution is 2.39. The maximum absolute atomic E-state index is 12.3. The average Bonchev–Trinajstić information content (AvgIpc) is 2.91. The monoisotopic (exact) mass is 286 g/mol. The smallest absolute Gasteiger partial charge is 0.328 e. The standard InChI is InChI=1S/C15H14N2O4/c18-13(19)7-6-11-2-1-3-12(16-11)17-14(20)9-4-5-10(8-9)15(17)21/h1-3,6-7,9-10H,4-5,8H2,(H,18,19)/b7-6+. The first-order valence-corrected chi connectivity index (χ1v) is 6.82. The van der Waals surface area contributed by atoms with Crippen LogP contribution in [0.5, 0.6) is 0 Å². The van der Waals surface area contributed by atoms with E-state index in [4.69, 9.17) is 5.11 Å². The summed E-state index contributed by atoms with van der Waals surface area (Å²) in [6, 6.07) is 4.87. The molecule has 1 aliphatic heterocycles. The SMILES string of the molecule is O=C(O)/C=C/c1cccc(N2C(=O)C3CCC(C3)C2=O)n1. The van der Waals surface area contributed by atoms with E-state index in [2.05, 4.69) is 4.98 Å². The van der Waals surface area contributed by atoms with E-state index >= 15 is 0 Å². The van der Waals surface area contributed by atoms with Crippen LogP contribution in [0.4, 0.5) is 5.82 Å². The number of carboxylic acids is 1. The number of rotatable bonds is 3. The zero-order chi connectivity index (χ0) is 15.0. The first-order chi connectivity index (χ1) is 10.1. The fourth-order valence-corrected chi connectivity index (χ4v) is 2.94. The summed E-state index contributed by atoms with van der Waals surface area (Å²) in [6.07, 6.45) is 4.45. The molecule has 1 aromatic rings. The molecule has 2 aliphatic rings. The van der Waals surface area contributed by atoms with Gasteiger partial charge in [-0.05, 0) is 37.5 Å². The van der Waals surface area contributed by atoms with E-state index in [0.29, 0.717) is 12.1 Å². The summed E-state index contributed by atoms with van der Waals surface area (Å²) in [7, 11) is 0. The van der Waals surface area contributed by atoms with Crippen molar-refractivity contribution in [2.24, 2.45) is 11.8 Å². The van der Waals surface area contributed by atoms with E-state index in [0.717, 1.165) is 23.8 Å². The Balaban J connectivity index is 1.93. The Kier molecular flexibility index (Phi) is 3.29. The number of piperidine rings is 1. The van der Waals surface area contributed by atoms with Crippen LogP contribution in [-0.4, -0.2) is 27.9 Å². The number of carbonyl (C=O) groups is 3. The van der Waals surface area contributed by atoms with Crippen LogP contribution in [0, 0.1) is 11.8 Å². The van der Waals surface area contributed by atoms with Crippen molar-refractivity contribution < 1.29 is 19.5 Å². The fraction of sp³-hybridized carbons (Fsp3) is 0.333. The Morgan fingerprint density at radius 1 is 1.24 bits per heavy atom. The Labute approximate surface area is 121 Å². The van der Waals surface area contributed by atoms with Gasteiger partial charge in [-0.1, -0.05) is 6.07 Å². The number of pyridine rings is 1. The second-order valence-electron chi connectivity index (χ2n) is 5.31. The molecule has 2 atom stereocenters.